The van der Waals surface area contributed by atoms with Gasteiger partial charge in [-0.25, -0.2) is 0 Å². The van der Waals surface area contributed by atoms with E-state index in [0.717, 1.165) is 19.3 Å². The molecule has 5 nitrogen and oxygen atoms in total. The highest BCUT2D eigenvalue weighted by Gasteiger charge is 2.07. The lowest BCUT2D eigenvalue weighted by Gasteiger charge is -2.16. The van der Waals surface area contributed by atoms with Crippen LogP contribution in [0.25, 0.3) is 0 Å². The second kappa shape index (κ2) is 9.15. The summed E-state index contributed by atoms with van der Waals surface area (Å²) in [6, 6.07) is 0. The van der Waals surface area contributed by atoms with Crippen molar-refractivity contribution in [3.05, 3.63) is 0 Å². The number of hydrogen-bond donors (Lipinski definition) is 2. The Bertz CT molecular complexity index is 219. The standard InChI is InChI=1S/C11H22N2O3/c1-10(15)12-7-6-11(16)13(2)8-4-3-5-9-14/h14H,3-9H2,1-2H3,(H,12,15). The molecule has 0 bridgehead atoms. The summed E-state index contributed by atoms with van der Waals surface area (Å²) in [7, 11) is 1.76. The molecule has 2 N–H and O–H groups in total. The normalized spacial score (nSPS) is 9.94. The van der Waals surface area contributed by atoms with E-state index in [-0.39, 0.29) is 18.4 Å². The maximum Gasteiger partial charge on any atom is 0.224 e. The molecule has 0 rings (SSSR count). The van der Waals surface area contributed by atoms with Crippen LogP contribution in [-0.2, 0) is 9.59 Å². The third-order valence-corrected chi connectivity index (χ3v) is 2.29. The quantitative estimate of drug-likeness (QED) is 0.582. The molecule has 0 aliphatic heterocycles. The Hall–Kier alpha value is -1.10. The van der Waals surface area contributed by atoms with Gasteiger partial charge in [0, 0.05) is 40.1 Å². The minimum Gasteiger partial charge on any atom is -0.396 e. The molecule has 0 aromatic carbocycles. The highest BCUT2D eigenvalue weighted by atomic mass is 16.3. The molecule has 0 saturated heterocycles. The first-order valence-corrected chi connectivity index (χ1v) is 5.67. The van der Waals surface area contributed by atoms with Crippen molar-refractivity contribution in [2.75, 3.05) is 26.7 Å². The minimum absolute atomic E-state index is 0.0396. The van der Waals surface area contributed by atoms with Crippen molar-refractivity contribution in [1.29, 1.82) is 0 Å². The zero-order valence-corrected chi connectivity index (χ0v) is 10.2. The predicted molar refractivity (Wildman–Crippen MR) is 61.9 cm³/mol. The van der Waals surface area contributed by atoms with Gasteiger partial charge < -0.3 is 15.3 Å². The molecule has 0 aromatic rings. The second-order valence-electron chi connectivity index (χ2n) is 3.83. The number of unbranched alkanes of at least 4 members (excludes halogenated alkanes) is 2. The van der Waals surface area contributed by atoms with Gasteiger partial charge in [0.05, 0.1) is 0 Å². The summed E-state index contributed by atoms with van der Waals surface area (Å²) in [6.07, 6.45) is 2.97. The molecule has 0 saturated carbocycles. The fourth-order valence-corrected chi connectivity index (χ4v) is 1.30. The zero-order valence-electron chi connectivity index (χ0n) is 10.2. The first-order chi connectivity index (χ1) is 7.57. The third kappa shape index (κ3) is 8.23. The summed E-state index contributed by atoms with van der Waals surface area (Å²) in [6.45, 7) is 2.75. The fourth-order valence-electron chi connectivity index (χ4n) is 1.30. The third-order valence-electron chi connectivity index (χ3n) is 2.29. The van der Waals surface area contributed by atoms with Gasteiger partial charge >= 0.3 is 0 Å². The molecule has 5 heteroatoms. The molecule has 0 fully saturated rings. The number of nitrogens with zero attached hydrogens (tertiary/aromatic N) is 1. The number of hydrogen-bond acceptors (Lipinski definition) is 3. The molecule has 0 atom stereocenters. The number of carbonyl (C=O) groups excluding carboxylic acids is 2. The molecule has 0 spiro atoms. The van der Waals surface area contributed by atoms with Crippen molar-refractivity contribution in [2.45, 2.75) is 32.6 Å². The van der Waals surface area contributed by atoms with Gasteiger partial charge in [0.25, 0.3) is 0 Å². The largest absolute Gasteiger partial charge is 0.396 e. The van der Waals surface area contributed by atoms with Crippen molar-refractivity contribution in [2.24, 2.45) is 0 Å². The average molecular weight is 230 g/mol. The Kier molecular flexibility index (Phi) is 8.52. The molecule has 0 aromatic heterocycles. The van der Waals surface area contributed by atoms with E-state index in [0.29, 0.717) is 19.5 Å². The van der Waals surface area contributed by atoms with E-state index in [1.54, 1.807) is 11.9 Å². The van der Waals surface area contributed by atoms with E-state index in [4.69, 9.17) is 5.11 Å². The lowest BCUT2D eigenvalue weighted by atomic mass is 10.2. The highest BCUT2D eigenvalue weighted by Crippen LogP contribution is 1.98. The molecular weight excluding hydrogens is 208 g/mol. The number of aliphatic hydroxyl groups is 1. The van der Waals surface area contributed by atoms with Gasteiger partial charge in [0.1, 0.15) is 0 Å². The van der Waals surface area contributed by atoms with E-state index < -0.39 is 0 Å². The molecule has 0 unspecified atom stereocenters. The van der Waals surface area contributed by atoms with Gasteiger partial charge in [-0.1, -0.05) is 0 Å². The molecule has 94 valence electrons. The average Bonchev–Trinajstić information content (AvgIpc) is 2.23. The lowest BCUT2D eigenvalue weighted by molar-refractivity contribution is -0.130. The smallest absolute Gasteiger partial charge is 0.224 e. The maximum atomic E-state index is 11.5. The van der Waals surface area contributed by atoms with Crippen LogP contribution in [0.3, 0.4) is 0 Å². The minimum atomic E-state index is -0.113. The van der Waals surface area contributed by atoms with Crippen LogP contribution in [0.1, 0.15) is 32.6 Å². The lowest BCUT2D eigenvalue weighted by Crippen LogP contribution is -2.31. The van der Waals surface area contributed by atoms with Crippen LogP contribution in [0.4, 0.5) is 0 Å². The monoisotopic (exact) mass is 230 g/mol. The van der Waals surface area contributed by atoms with Crippen molar-refractivity contribution in [3.63, 3.8) is 0 Å². The Morgan fingerprint density at radius 2 is 1.94 bits per heavy atom. The van der Waals surface area contributed by atoms with Crippen LogP contribution < -0.4 is 5.32 Å². The SMILES string of the molecule is CC(=O)NCCC(=O)N(C)CCCCCO. The summed E-state index contributed by atoms with van der Waals surface area (Å²) < 4.78 is 0. The molecule has 16 heavy (non-hydrogen) atoms. The van der Waals surface area contributed by atoms with E-state index >= 15 is 0 Å². The summed E-state index contributed by atoms with van der Waals surface area (Å²) in [5.74, 6) is -0.0730. The number of nitrogens with one attached hydrogen (secondary N) is 1. The van der Waals surface area contributed by atoms with Crippen molar-refractivity contribution in [3.8, 4) is 0 Å². The Labute approximate surface area is 96.8 Å². The summed E-state index contributed by atoms with van der Waals surface area (Å²) in [5.41, 5.74) is 0. The first kappa shape index (κ1) is 14.9. The van der Waals surface area contributed by atoms with Gasteiger partial charge in [-0.2, -0.15) is 0 Å². The maximum absolute atomic E-state index is 11.5. The van der Waals surface area contributed by atoms with E-state index in [2.05, 4.69) is 5.32 Å². The van der Waals surface area contributed by atoms with Crippen LogP contribution in [0, 0.1) is 0 Å². The summed E-state index contributed by atoms with van der Waals surface area (Å²) in [4.78, 5) is 23.8. The second-order valence-corrected chi connectivity index (χ2v) is 3.83. The number of carbonyl (C=O) groups is 2. The molecule has 0 heterocycles. The number of rotatable bonds is 8. The van der Waals surface area contributed by atoms with Gasteiger partial charge in [-0.15, -0.1) is 0 Å². The summed E-state index contributed by atoms with van der Waals surface area (Å²) in [5, 5.41) is 11.2. The van der Waals surface area contributed by atoms with Crippen molar-refractivity contribution < 1.29 is 14.7 Å². The van der Waals surface area contributed by atoms with Crippen molar-refractivity contribution >= 4 is 11.8 Å². The van der Waals surface area contributed by atoms with Gasteiger partial charge in [-0.05, 0) is 19.3 Å². The van der Waals surface area contributed by atoms with E-state index in [1.165, 1.54) is 6.92 Å². The number of aliphatic hydroxyl groups excluding tert-OH is 1. The summed E-state index contributed by atoms with van der Waals surface area (Å²) >= 11 is 0. The van der Waals surface area contributed by atoms with Crippen LogP contribution in [-0.4, -0.2) is 48.6 Å². The molecular formula is C11H22N2O3. The fraction of sp³-hybridized carbons (Fsp3) is 0.818. The van der Waals surface area contributed by atoms with E-state index in [9.17, 15) is 9.59 Å². The van der Waals surface area contributed by atoms with Crippen LogP contribution in [0.15, 0.2) is 0 Å². The van der Waals surface area contributed by atoms with Gasteiger partial charge in [0.15, 0.2) is 0 Å². The molecule has 0 radical (unpaired) electrons. The number of amides is 2. The van der Waals surface area contributed by atoms with E-state index in [1.807, 2.05) is 0 Å². The van der Waals surface area contributed by atoms with Gasteiger partial charge in [-0.3, -0.25) is 9.59 Å². The predicted octanol–water partition coefficient (Wildman–Crippen LogP) is 0.134. The Morgan fingerprint density at radius 1 is 1.25 bits per heavy atom. The topological polar surface area (TPSA) is 69.6 Å². The van der Waals surface area contributed by atoms with Crippen molar-refractivity contribution in [1.82, 2.24) is 10.2 Å². The zero-order chi connectivity index (χ0) is 12.4. The van der Waals surface area contributed by atoms with Gasteiger partial charge in [0.2, 0.25) is 11.8 Å². The first-order valence-electron chi connectivity index (χ1n) is 5.67. The van der Waals surface area contributed by atoms with Crippen LogP contribution in [0.5, 0.6) is 0 Å². The molecule has 0 aliphatic carbocycles. The highest BCUT2D eigenvalue weighted by molar-refractivity contribution is 5.77. The van der Waals surface area contributed by atoms with Crippen LogP contribution in [0.2, 0.25) is 0 Å². The Morgan fingerprint density at radius 3 is 2.50 bits per heavy atom. The Balaban J connectivity index is 3.53. The molecule has 2 amide bonds. The van der Waals surface area contributed by atoms with Crippen LogP contribution >= 0.6 is 0 Å². The molecule has 0 aliphatic rings.